The van der Waals surface area contributed by atoms with E-state index in [9.17, 15) is 13.2 Å². The molecule has 0 radical (unpaired) electrons. The summed E-state index contributed by atoms with van der Waals surface area (Å²) in [5.74, 6) is 0.115. The minimum absolute atomic E-state index is 0.0711. The molecule has 0 unspecified atom stereocenters. The van der Waals surface area contributed by atoms with Crippen molar-refractivity contribution in [1.82, 2.24) is 4.31 Å². The normalized spacial score (nSPS) is 17.1. The number of halogens is 2. The topological polar surface area (TPSA) is 74.7 Å². The fourth-order valence-corrected chi connectivity index (χ4v) is 5.22. The smallest absolute Gasteiger partial charge is 0.337 e. The Morgan fingerprint density at radius 1 is 1.20 bits per heavy atom. The van der Waals surface area contributed by atoms with Crippen LogP contribution in [0.4, 0.5) is 0 Å². The number of aromatic carboxylic acids is 1. The third-order valence-corrected chi connectivity index (χ3v) is 6.46. The summed E-state index contributed by atoms with van der Waals surface area (Å²) >= 11 is 13.3. The molecule has 20 heavy (non-hydrogen) atoms. The number of benzene rings is 1. The SMILES string of the molecule is O=C(O)c1cc(S(=O)(=O)N2CCSCC2)c(Cl)cc1Cl. The lowest BCUT2D eigenvalue weighted by Crippen LogP contribution is -2.38. The van der Waals surface area contributed by atoms with Gasteiger partial charge in [-0.05, 0) is 12.1 Å². The highest BCUT2D eigenvalue weighted by molar-refractivity contribution is 7.99. The monoisotopic (exact) mass is 355 g/mol. The Hall–Kier alpha value is -0.470. The third-order valence-electron chi connectivity index (χ3n) is 2.84. The van der Waals surface area contributed by atoms with Crippen LogP contribution in [0.1, 0.15) is 10.4 Å². The van der Waals surface area contributed by atoms with Gasteiger partial charge in [-0.25, -0.2) is 13.2 Å². The fraction of sp³-hybridized carbons (Fsp3) is 0.364. The summed E-state index contributed by atoms with van der Waals surface area (Å²) in [6.45, 7) is 0.767. The van der Waals surface area contributed by atoms with E-state index in [0.717, 1.165) is 12.1 Å². The third kappa shape index (κ3) is 3.07. The van der Waals surface area contributed by atoms with Gasteiger partial charge in [-0.2, -0.15) is 16.1 Å². The van der Waals surface area contributed by atoms with Crippen molar-refractivity contribution in [3.63, 3.8) is 0 Å². The first-order valence-electron chi connectivity index (χ1n) is 5.64. The van der Waals surface area contributed by atoms with Crippen LogP contribution in [0.3, 0.4) is 0 Å². The Balaban J connectivity index is 2.50. The molecule has 0 bridgehead atoms. The lowest BCUT2D eigenvalue weighted by molar-refractivity contribution is 0.0697. The predicted octanol–water partition coefficient (Wildman–Crippen LogP) is 2.43. The van der Waals surface area contributed by atoms with E-state index in [1.54, 1.807) is 11.8 Å². The molecule has 5 nitrogen and oxygen atoms in total. The first kappa shape index (κ1) is 15.9. The molecule has 0 spiro atoms. The van der Waals surface area contributed by atoms with Crippen LogP contribution in [0.25, 0.3) is 0 Å². The van der Waals surface area contributed by atoms with Gasteiger partial charge in [0, 0.05) is 24.6 Å². The van der Waals surface area contributed by atoms with Crippen molar-refractivity contribution in [2.24, 2.45) is 0 Å². The van der Waals surface area contributed by atoms with Gasteiger partial charge in [-0.1, -0.05) is 23.2 Å². The standard InChI is InChI=1S/C11H11Cl2NO4S2/c12-8-6-9(13)10(5-7(8)11(15)16)20(17,18)14-1-3-19-4-2-14/h5-6H,1-4H2,(H,15,16). The molecule has 1 saturated heterocycles. The number of thioether (sulfide) groups is 1. The van der Waals surface area contributed by atoms with E-state index in [1.807, 2.05) is 0 Å². The van der Waals surface area contributed by atoms with E-state index >= 15 is 0 Å². The molecule has 1 aromatic rings. The highest BCUT2D eigenvalue weighted by Crippen LogP contribution is 2.31. The van der Waals surface area contributed by atoms with Gasteiger partial charge in [-0.15, -0.1) is 0 Å². The number of carboxylic acid groups (broad SMARTS) is 1. The molecule has 2 rings (SSSR count). The second-order valence-electron chi connectivity index (χ2n) is 4.08. The van der Waals surface area contributed by atoms with Crippen molar-refractivity contribution in [2.45, 2.75) is 4.90 Å². The first-order valence-corrected chi connectivity index (χ1v) is 8.99. The number of carboxylic acids is 1. The van der Waals surface area contributed by atoms with Crippen molar-refractivity contribution < 1.29 is 18.3 Å². The average Bonchev–Trinajstić information content (AvgIpc) is 2.39. The summed E-state index contributed by atoms with van der Waals surface area (Å²) in [6.07, 6.45) is 0. The van der Waals surface area contributed by atoms with Gasteiger partial charge in [0.25, 0.3) is 0 Å². The average molecular weight is 356 g/mol. The minimum atomic E-state index is -3.80. The highest BCUT2D eigenvalue weighted by atomic mass is 35.5. The number of hydrogen-bond acceptors (Lipinski definition) is 4. The van der Waals surface area contributed by atoms with Crippen molar-refractivity contribution in [3.05, 3.63) is 27.7 Å². The molecule has 1 aliphatic heterocycles. The van der Waals surface area contributed by atoms with Crippen LogP contribution in [0.15, 0.2) is 17.0 Å². The lowest BCUT2D eigenvalue weighted by atomic mass is 10.2. The largest absolute Gasteiger partial charge is 0.478 e. The Bertz CT molecular complexity index is 642. The molecule has 1 N–H and O–H groups in total. The molecular weight excluding hydrogens is 345 g/mol. The molecule has 0 atom stereocenters. The summed E-state index contributed by atoms with van der Waals surface area (Å²) in [7, 11) is -3.80. The van der Waals surface area contributed by atoms with Crippen molar-refractivity contribution in [2.75, 3.05) is 24.6 Å². The molecule has 0 saturated carbocycles. The molecule has 110 valence electrons. The zero-order chi connectivity index (χ0) is 14.9. The van der Waals surface area contributed by atoms with E-state index in [2.05, 4.69) is 0 Å². The number of sulfonamides is 1. The molecule has 1 aromatic carbocycles. The van der Waals surface area contributed by atoms with Gasteiger partial charge in [0.15, 0.2) is 0 Å². The fourth-order valence-electron chi connectivity index (χ4n) is 1.82. The zero-order valence-electron chi connectivity index (χ0n) is 10.2. The van der Waals surface area contributed by atoms with E-state index in [-0.39, 0.29) is 20.5 Å². The van der Waals surface area contributed by atoms with Crippen molar-refractivity contribution in [3.8, 4) is 0 Å². The maximum absolute atomic E-state index is 12.5. The van der Waals surface area contributed by atoms with Crippen LogP contribution in [0.2, 0.25) is 10.0 Å². The second kappa shape index (κ2) is 6.11. The van der Waals surface area contributed by atoms with Crippen molar-refractivity contribution >= 4 is 51.0 Å². The Labute approximate surface area is 130 Å². The maximum Gasteiger partial charge on any atom is 0.337 e. The molecule has 9 heteroatoms. The molecule has 0 amide bonds. The number of rotatable bonds is 3. The van der Waals surface area contributed by atoms with Gasteiger partial charge in [-0.3, -0.25) is 0 Å². The van der Waals surface area contributed by atoms with Gasteiger partial charge in [0.05, 0.1) is 15.6 Å². The van der Waals surface area contributed by atoms with Crippen molar-refractivity contribution in [1.29, 1.82) is 0 Å². The molecule has 0 aliphatic carbocycles. The number of hydrogen-bond donors (Lipinski definition) is 1. The van der Waals surface area contributed by atoms with E-state index < -0.39 is 16.0 Å². The minimum Gasteiger partial charge on any atom is -0.478 e. The summed E-state index contributed by atoms with van der Waals surface area (Å²) in [4.78, 5) is 10.8. The zero-order valence-corrected chi connectivity index (χ0v) is 13.3. The predicted molar refractivity (Wildman–Crippen MR) is 79.5 cm³/mol. The van der Waals surface area contributed by atoms with Gasteiger partial charge >= 0.3 is 5.97 Å². The maximum atomic E-state index is 12.5. The first-order chi connectivity index (χ1) is 9.34. The second-order valence-corrected chi connectivity index (χ2v) is 8.03. The van der Waals surface area contributed by atoms with Crippen LogP contribution in [0.5, 0.6) is 0 Å². The van der Waals surface area contributed by atoms with E-state index in [4.69, 9.17) is 28.3 Å². The van der Waals surface area contributed by atoms with Crippen LogP contribution >= 0.6 is 35.0 Å². The molecule has 1 heterocycles. The molecule has 1 fully saturated rings. The van der Waals surface area contributed by atoms with E-state index in [1.165, 1.54) is 4.31 Å². The Morgan fingerprint density at radius 3 is 2.35 bits per heavy atom. The van der Waals surface area contributed by atoms with Crippen LogP contribution in [-0.2, 0) is 10.0 Å². The molecular formula is C11H11Cl2NO4S2. The van der Waals surface area contributed by atoms with Crippen LogP contribution in [-0.4, -0.2) is 48.4 Å². The molecule has 1 aliphatic rings. The van der Waals surface area contributed by atoms with E-state index in [0.29, 0.717) is 24.6 Å². The summed E-state index contributed by atoms with van der Waals surface area (Å²) in [5, 5.41) is 8.86. The van der Waals surface area contributed by atoms with Crippen LogP contribution in [0, 0.1) is 0 Å². The number of carbonyl (C=O) groups is 1. The van der Waals surface area contributed by atoms with Gasteiger partial charge < -0.3 is 5.11 Å². The summed E-state index contributed by atoms with van der Waals surface area (Å²) < 4.78 is 26.3. The van der Waals surface area contributed by atoms with Gasteiger partial charge in [0.1, 0.15) is 4.90 Å². The Kier molecular flexibility index (Phi) is 4.86. The van der Waals surface area contributed by atoms with Crippen LogP contribution < -0.4 is 0 Å². The quantitative estimate of drug-likeness (QED) is 0.900. The highest BCUT2D eigenvalue weighted by Gasteiger charge is 2.29. The summed E-state index contributed by atoms with van der Waals surface area (Å²) in [6, 6.07) is 2.17. The van der Waals surface area contributed by atoms with Gasteiger partial charge in [0.2, 0.25) is 10.0 Å². The molecule has 0 aromatic heterocycles. The summed E-state index contributed by atoms with van der Waals surface area (Å²) in [5.41, 5.74) is -0.277. The lowest BCUT2D eigenvalue weighted by Gasteiger charge is -2.26. The number of nitrogens with zero attached hydrogens (tertiary/aromatic N) is 1. The Morgan fingerprint density at radius 2 is 1.80 bits per heavy atom.